The minimum absolute atomic E-state index is 0.00982. The number of aromatic nitrogens is 1. The second-order valence-corrected chi connectivity index (χ2v) is 4.74. The number of carbonyl (C=O) groups excluding carboxylic acids is 1. The smallest absolute Gasteiger partial charge is 0.193 e. The molecule has 2 aromatic rings. The van der Waals surface area contributed by atoms with Crippen LogP contribution in [0, 0.1) is 6.92 Å². The van der Waals surface area contributed by atoms with E-state index in [0.29, 0.717) is 17.7 Å². The Labute approximate surface area is 119 Å². The first-order chi connectivity index (χ1) is 9.70. The first-order valence-corrected chi connectivity index (χ1v) is 6.91. The third kappa shape index (κ3) is 3.67. The van der Waals surface area contributed by atoms with Crippen molar-refractivity contribution in [3.8, 4) is 5.75 Å². The van der Waals surface area contributed by atoms with Crippen LogP contribution in [-0.4, -0.2) is 17.4 Å². The second-order valence-electron chi connectivity index (χ2n) is 4.74. The molecule has 0 amide bonds. The molecule has 2 rings (SSSR count). The molecule has 104 valence electrons. The monoisotopic (exact) mass is 269 g/mol. The summed E-state index contributed by atoms with van der Waals surface area (Å²) in [7, 11) is 0. The highest BCUT2D eigenvalue weighted by atomic mass is 16.5. The van der Waals surface area contributed by atoms with Crippen LogP contribution >= 0.6 is 0 Å². The maximum absolute atomic E-state index is 12.3. The molecule has 0 aliphatic carbocycles. The van der Waals surface area contributed by atoms with E-state index in [-0.39, 0.29) is 5.78 Å². The molecular formula is C17H19NO2. The van der Waals surface area contributed by atoms with E-state index in [2.05, 4.69) is 11.9 Å². The molecule has 0 saturated heterocycles. The Morgan fingerprint density at radius 2 is 1.90 bits per heavy atom. The zero-order valence-electron chi connectivity index (χ0n) is 11.9. The Morgan fingerprint density at radius 3 is 2.55 bits per heavy atom. The van der Waals surface area contributed by atoms with E-state index in [1.807, 2.05) is 19.1 Å². The summed E-state index contributed by atoms with van der Waals surface area (Å²) in [5.74, 6) is 0.816. The molecule has 1 aromatic carbocycles. The molecule has 0 aliphatic rings. The number of benzene rings is 1. The number of hydrogen-bond acceptors (Lipinski definition) is 3. The maximum Gasteiger partial charge on any atom is 0.193 e. The van der Waals surface area contributed by atoms with Gasteiger partial charge in [-0.2, -0.15) is 0 Å². The van der Waals surface area contributed by atoms with Gasteiger partial charge in [-0.3, -0.25) is 9.78 Å². The van der Waals surface area contributed by atoms with Crippen LogP contribution in [0.15, 0.2) is 42.6 Å². The third-order valence-electron chi connectivity index (χ3n) is 3.04. The van der Waals surface area contributed by atoms with Crippen molar-refractivity contribution in [1.82, 2.24) is 4.98 Å². The van der Waals surface area contributed by atoms with E-state index in [1.165, 1.54) is 0 Å². The molecule has 0 bridgehead atoms. The van der Waals surface area contributed by atoms with Gasteiger partial charge in [0.25, 0.3) is 0 Å². The second kappa shape index (κ2) is 6.85. The number of ketones is 1. The van der Waals surface area contributed by atoms with Crippen LogP contribution in [0.1, 0.15) is 41.4 Å². The number of aryl methyl sites for hydroxylation is 1. The van der Waals surface area contributed by atoms with Gasteiger partial charge in [0, 0.05) is 23.0 Å². The summed E-state index contributed by atoms with van der Waals surface area (Å²) in [6.45, 7) is 4.72. The average molecular weight is 269 g/mol. The van der Waals surface area contributed by atoms with Crippen molar-refractivity contribution in [3.63, 3.8) is 0 Å². The van der Waals surface area contributed by atoms with Gasteiger partial charge in [0.2, 0.25) is 0 Å². The number of nitrogens with zero attached hydrogens (tertiary/aromatic N) is 1. The van der Waals surface area contributed by atoms with Crippen LogP contribution in [0.3, 0.4) is 0 Å². The molecule has 0 N–H and O–H groups in total. The molecule has 0 radical (unpaired) electrons. The van der Waals surface area contributed by atoms with Gasteiger partial charge in [0.05, 0.1) is 6.61 Å². The molecule has 0 fully saturated rings. The van der Waals surface area contributed by atoms with Crippen LogP contribution in [0.4, 0.5) is 0 Å². The molecule has 0 atom stereocenters. The zero-order valence-corrected chi connectivity index (χ0v) is 11.9. The maximum atomic E-state index is 12.3. The van der Waals surface area contributed by atoms with Crippen molar-refractivity contribution < 1.29 is 9.53 Å². The van der Waals surface area contributed by atoms with Crippen molar-refractivity contribution in [2.75, 3.05) is 6.61 Å². The molecule has 20 heavy (non-hydrogen) atoms. The van der Waals surface area contributed by atoms with Gasteiger partial charge in [-0.05, 0) is 49.7 Å². The van der Waals surface area contributed by atoms with Crippen molar-refractivity contribution in [2.24, 2.45) is 0 Å². The van der Waals surface area contributed by atoms with Crippen molar-refractivity contribution in [2.45, 2.75) is 26.7 Å². The van der Waals surface area contributed by atoms with Crippen LogP contribution in [-0.2, 0) is 0 Å². The quantitative estimate of drug-likeness (QED) is 0.591. The van der Waals surface area contributed by atoms with Crippen LogP contribution in [0.25, 0.3) is 0 Å². The highest BCUT2D eigenvalue weighted by molar-refractivity contribution is 6.09. The number of unbranched alkanes of at least 4 members (excludes halogenated alkanes) is 1. The molecular weight excluding hydrogens is 250 g/mol. The minimum atomic E-state index is 0.00982. The predicted octanol–water partition coefficient (Wildman–Crippen LogP) is 3.80. The van der Waals surface area contributed by atoms with Crippen molar-refractivity contribution >= 4 is 5.78 Å². The average Bonchev–Trinajstić information content (AvgIpc) is 2.47. The normalized spacial score (nSPS) is 10.3. The molecule has 0 unspecified atom stereocenters. The number of ether oxygens (including phenoxy) is 1. The van der Waals surface area contributed by atoms with Crippen LogP contribution in [0.2, 0.25) is 0 Å². The fraction of sp³-hybridized carbons (Fsp3) is 0.294. The number of carbonyl (C=O) groups is 1. The topological polar surface area (TPSA) is 39.2 Å². The standard InChI is InChI=1S/C17H19NO2/c1-3-4-11-20-16-7-5-14(6-8-16)17(19)15-9-10-18-13(2)12-15/h5-10,12H,3-4,11H2,1-2H3. The lowest BCUT2D eigenvalue weighted by atomic mass is 10.0. The minimum Gasteiger partial charge on any atom is -0.494 e. The van der Waals surface area contributed by atoms with E-state index in [1.54, 1.807) is 30.5 Å². The first-order valence-electron chi connectivity index (χ1n) is 6.91. The molecule has 1 heterocycles. The summed E-state index contributed by atoms with van der Waals surface area (Å²) in [5, 5.41) is 0. The van der Waals surface area contributed by atoms with Gasteiger partial charge >= 0.3 is 0 Å². The van der Waals surface area contributed by atoms with E-state index in [0.717, 1.165) is 24.3 Å². The van der Waals surface area contributed by atoms with Gasteiger partial charge in [-0.15, -0.1) is 0 Å². The Balaban J connectivity index is 2.07. The van der Waals surface area contributed by atoms with Gasteiger partial charge in [-0.1, -0.05) is 13.3 Å². The first kappa shape index (κ1) is 14.3. The Bertz CT molecular complexity index is 576. The summed E-state index contributed by atoms with van der Waals surface area (Å²) >= 11 is 0. The summed E-state index contributed by atoms with van der Waals surface area (Å²) < 4.78 is 5.58. The molecule has 3 heteroatoms. The fourth-order valence-corrected chi connectivity index (χ4v) is 1.89. The highest BCUT2D eigenvalue weighted by Gasteiger charge is 2.09. The van der Waals surface area contributed by atoms with Crippen LogP contribution in [0.5, 0.6) is 5.75 Å². The van der Waals surface area contributed by atoms with Crippen molar-refractivity contribution in [3.05, 3.63) is 59.4 Å². The fourth-order valence-electron chi connectivity index (χ4n) is 1.89. The summed E-state index contributed by atoms with van der Waals surface area (Å²) in [4.78, 5) is 16.4. The van der Waals surface area contributed by atoms with Crippen molar-refractivity contribution in [1.29, 1.82) is 0 Å². The third-order valence-corrected chi connectivity index (χ3v) is 3.04. The SMILES string of the molecule is CCCCOc1ccc(C(=O)c2ccnc(C)c2)cc1. The largest absolute Gasteiger partial charge is 0.494 e. The number of pyridine rings is 1. The lowest BCUT2D eigenvalue weighted by Gasteiger charge is -2.06. The zero-order chi connectivity index (χ0) is 14.4. The van der Waals surface area contributed by atoms with E-state index in [9.17, 15) is 4.79 Å². The van der Waals surface area contributed by atoms with Crippen LogP contribution < -0.4 is 4.74 Å². The van der Waals surface area contributed by atoms with Gasteiger partial charge in [0.1, 0.15) is 5.75 Å². The molecule has 1 aromatic heterocycles. The Morgan fingerprint density at radius 1 is 1.15 bits per heavy atom. The molecule has 0 aliphatic heterocycles. The molecule has 0 spiro atoms. The van der Waals surface area contributed by atoms with E-state index < -0.39 is 0 Å². The predicted molar refractivity (Wildman–Crippen MR) is 79.3 cm³/mol. The van der Waals surface area contributed by atoms with E-state index >= 15 is 0 Å². The Kier molecular flexibility index (Phi) is 4.88. The summed E-state index contributed by atoms with van der Waals surface area (Å²) in [6.07, 6.45) is 3.81. The molecule has 0 saturated carbocycles. The van der Waals surface area contributed by atoms with Gasteiger partial charge in [-0.25, -0.2) is 0 Å². The lowest BCUT2D eigenvalue weighted by Crippen LogP contribution is -2.02. The van der Waals surface area contributed by atoms with Gasteiger partial charge in [0.15, 0.2) is 5.78 Å². The van der Waals surface area contributed by atoms with Gasteiger partial charge < -0.3 is 4.74 Å². The number of hydrogen-bond donors (Lipinski definition) is 0. The summed E-state index contributed by atoms with van der Waals surface area (Å²) in [6, 6.07) is 10.8. The highest BCUT2D eigenvalue weighted by Crippen LogP contribution is 2.16. The molecule has 3 nitrogen and oxygen atoms in total. The summed E-state index contributed by atoms with van der Waals surface area (Å²) in [5.41, 5.74) is 2.17. The Hall–Kier alpha value is -2.16. The van der Waals surface area contributed by atoms with E-state index in [4.69, 9.17) is 4.74 Å². The lowest BCUT2D eigenvalue weighted by molar-refractivity contribution is 0.103. The number of rotatable bonds is 6.